The van der Waals surface area contributed by atoms with Crippen LogP contribution in [-0.2, 0) is 28.5 Å². The number of hydrogen-bond acceptors (Lipinski definition) is 7. The number of rotatable bonds is 10. The number of amides is 2. The minimum Gasteiger partial charge on any atom is -0.454 e. The fourth-order valence-corrected chi connectivity index (χ4v) is 3.51. The number of thiocarbonyl (C=S) groups is 1. The van der Waals surface area contributed by atoms with Crippen molar-refractivity contribution < 1.29 is 28.5 Å². The summed E-state index contributed by atoms with van der Waals surface area (Å²) >= 11 is 5.30. The molecule has 1 fully saturated rings. The van der Waals surface area contributed by atoms with Crippen LogP contribution in [0, 0.1) is 5.92 Å². The zero-order valence-corrected chi connectivity index (χ0v) is 17.3. The van der Waals surface area contributed by atoms with Crippen LogP contribution in [0.1, 0.15) is 25.7 Å². The van der Waals surface area contributed by atoms with E-state index in [-0.39, 0.29) is 23.7 Å². The molecule has 0 saturated carbocycles. The first kappa shape index (κ1) is 21.4. The van der Waals surface area contributed by atoms with E-state index >= 15 is 0 Å². The van der Waals surface area contributed by atoms with Crippen LogP contribution in [0.2, 0.25) is 0 Å². The van der Waals surface area contributed by atoms with Crippen LogP contribution in [-0.4, -0.2) is 67.9 Å². The van der Waals surface area contributed by atoms with Crippen LogP contribution in [0.25, 0.3) is 0 Å². The molecule has 0 spiro atoms. The van der Waals surface area contributed by atoms with Crippen molar-refractivity contribution >= 4 is 34.9 Å². The second-order valence-corrected chi connectivity index (χ2v) is 7.11. The minimum absolute atomic E-state index is 0.0573. The lowest BCUT2D eigenvalue weighted by molar-refractivity contribution is -0.129. The van der Waals surface area contributed by atoms with Crippen molar-refractivity contribution in [2.75, 3.05) is 34.1 Å². The van der Waals surface area contributed by atoms with Crippen molar-refractivity contribution in [2.24, 2.45) is 10.9 Å². The molecule has 2 heterocycles. The molecule has 1 atom stereocenters. The van der Waals surface area contributed by atoms with E-state index in [0.717, 1.165) is 12.8 Å². The average Bonchev–Trinajstić information content (AvgIpc) is 3.17. The van der Waals surface area contributed by atoms with E-state index in [4.69, 9.17) is 31.2 Å². The molecular weight excluding hydrogens is 398 g/mol. The van der Waals surface area contributed by atoms with E-state index in [0.29, 0.717) is 43.2 Å². The molecule has 0 aromatic rings. The number of carbonyl (C=O) groups excluding carboxylic acids is 2. The lowest BCUT2D eigenvalue weighted by atomic mass is 9.93. The van der Waals surface area contributed by atoms with Crippen LogP contribution in [0.3, 0.4) is 0 Å². The third kappa shape index (κ3) is 5.20. The number of nitrogens with zero attached hydrogens (tertiary/aromatic N) is 2. The number of hydrogen-bond donors (Lipinski definition) is 1. The zero-order valence-electron chi connectivity index (χ0n) is 16.5. The summed E-state index contributed by atoms with van der Waals surface area (Å²) in [5.41, 5.74) is 0.586. The highest BCUT2D eigenvalue weighted by Crippen LogP contribution is 2.31. The topological polar surface area (TPSA) is 98.7 Å². The highest BCUT2D eigenvalue weighted by Gasteiger charge is 2.38. The Morgan fingerprint density at radius 2 is 2.07 bits per heavy atom. The summed E-state index contributed by atoms with van der Waals surface area (Å²) in [6.45, 7) is 0.925. The summed E-state index contributed by atoms with van der Waals surface area (Å²) in [6, 6.07) is 0. The monoisotopic (exact) mass is 423 g/mol. The molecular formula is C19H25N3O6S. The molecule has 10 heteroatoms. The second-order valence-electron chi connectivity index (χ2n) is 6.75. The Kier molecular flexibility index (Phi) is 7.34. The summed E-state index contributed by atoms with van der Waals surface area (Å²) in [5.74, 6) is 0.497. The Bertz CT molecular complexity index is 759. The zero-order chi connectivity index (χ0) is 20.8. The number of nitrogens with one attached hydrogen (secondary N) is 1. The molecule has 2 amide bonds. The SMILES string of the molecule is COC(CNC(=O)CCCCCN1C(=O)C2C=C3OCOC3=CC2=NC1=S)OC. The number of methoxy groups -OCH3 is 2. The summed E-state index contributed by atoms with van der Waals surface area (Å²) in [6.07, 6.45) is 5.64. The molecule has 0 aromatic carbocycles. The fourth-order valence-electron chi connectivity index (χ4n) is 3.22. The van der Waals surface area contributed by atoms with Crippen LogP contribution in [0.15, 0.2) is 28.7 Å². The number of unbranched alkanes of at least 4 members (excludes halogenated alkanes) is 2. The van der Waals surface area contributed by atoms with Gasteiger partial charge in [0, 0.05) is 33.3 Å². The molecule has 2 aliphatic heterocycles. The summed E-state index contributed by atoms with van der Waals surface area (Å²) in [5, 5.41) is 3.02. The lowest BCUT2D eigenvalue weighted by Gasteiger charge is -2.30. The minimum atomic E-state index is -0.498. The Morgan fingerprint density at radius 3 is 2.83 bits per heavy atom. The Balaban J connectivity index is 1.41. The molecule has 1 saturated heterocycles. The standard InChI is InChI=1S/C19H25N3O6S/c1-25-17(26-2)10-20-16(23)6-4-3-5-7-22-18(24)12-8-14-15(28-11-27-14)9-13(12)21-19(22)29/h8-9,12,17H,3-7,10-11H2,1-2H3,(H,20,23). The van der Waals surface area contributed by atoms with Gasteiger partial charge in [-0.05, 0) is 31.1 Å². The van der Waals surface area contributed by atoms with Gasteiger partial charge in [-0.3, -0.25) is 14.5 Å². The molecule has 0 aromatic heterocycles. The van der Waals surface area contributed by atoms with Crippen LogP contribution in [0.5, 0.6) is 0 Å². The van der Waals surface area contributed by atoms with E-state index in [9.17, 15) is 9.59 Å². The fraction of sp³-hybridized carbons (Fsp3) is 0.579. The molecule has 1 N–H and O–H groups in total. The predicted octanol–water partition coefficient (Wildman–Crippen LogP) is 1.25. The molecule has 0 bridgehead atoms. The molecule has 158 valence electrons. The number of fused-ring (bicyclic) bond motifs is 2. The Labute approximate surface area is 174 Å². The summed E-state index contributed by atoms with van der Waals surface area (Å²) in [7, 11) is 3.04. The predicted molar refractivity (Wildman–Crippen MR) is 108 cm³/mol. The molecule has 3 rings (SSSR count). The van der Waals surface area contributed by atoms with Gasteiger partial charge in [0.15, 0.2) is 17.8 Å². The van der Waals surface area contributed by atoms with Crippen molar-refractivity contribution in [1.82, 2.24) is 10.2 Å². The maximum absolute atomic E-state index is 12.8. The van der Waals surface area contributed by atoms with Gasteiger partial charge >= 0.3 is 0 Å². The van der Waals surface area contributed by atoms with Crippen LogP contribution < -0.4 is 5.32 Å². The summed E-state index contributed by atoms with van der Waals surface area (Å²) < 4.78 is 20.7. The van der Waals surface area contributed by atoms with Gasteiger partial charge in [0.1, 0.15) is 5.92 Å². The van der Waals surface area contributed by atoms with E-state index in [1.165, 1.54) is 19.1 Å². The first-order valence-corrected chi connectivity index (χ1v) is 9.90. The number of aliphatic imine (C=N–C) groups is 1. The van der Waals surface area contributed by atoms with Gasteiger partial charge in [0.2, 0.25) is 23.7 Å². The smallest absolute Gasteiger partial charge is 0.241 e. The van der Waals surface area contributed by atoms with Crippen molar-refractivity contribution in [1.29, 1.82) is 0 Å². The summed E-state index contributed by atoms with van der Waals surface area (Å²) in [4.78, 5) is 30.6. The number of carbonyl (C=O) groups is 2. The Morgan fingerprint density at radius 1 is 1.31 bits per heavy atom. The Hall–Kier alpha value is -2.30. The van der Waals surface area contributed by atoms with E-state index in [1.54, 1.807) is 12.2 Å². The van der Waals surface area contributed by atoms with Crippen molar-refractivity contribution in [3.63, 3.8) is 0 Å². The molecule has 9 nitrogen and oxygen atoms in total. The molecule has 29 heavy (non-hydrogen) atoms. The third-order valence-corrected chi connectivity index (χ3v) is 5.16. The van der Waals surface area contributed by atoms with E-state index in [2.05, 4.69) is 10.3 Å². The van der Waals surface area contributed by atoms with Crippen molar-refractivity contribution in [3.8, 4) is 0 Å². The van der Waals surface area contributed by atoms with Crippen LogP contribution in [0.4, 0.5) is 0 Å². The lowest BCUT2D eigenvalue weighted by Crippen LogP contribution is -2.46. The average molecular weight is 423 g/mol. The molecule has 0 radical (unpaired) electrons. The van der Waals surface area contributed by atoms with Gasteiger partial charge in [0.05, 0.1) is 12.3 Å². The van der Waals surface area contributed by atoms with Crippen LogP contribution >= 0.6 is 12.2 Å². The number of ether oxygens (including phenoxy) is 4. The van der Waals surface area contributed by atoms with Crippen molar-refractivity contribution in [2.45, 2.75) is 32.0 Å². The normalized spacial score (nSPS) is 20.3. The maximum Gasteiger partial charge on any atom is 0.241 e. The largest absolute Gasteiger partial charge is 0.454 e. The molecule has 1 aliphatic carbocycles. The first-order valence-electron chi connectivity index (χ1n) is 9.49. The van der Waals surface area contributed by atoms with Gasteiger partial charge in [-0.2, -0.15) is 0 Å². The maximum atomic E-state index is 12.8. The van der Waals surface area contributed by atoms with Gasteiger partial charge < -0.3 is 24.3 Å². The van der Waals surface area contributed by atoms with Gasteiger partial charge in [-0.1, -0.05) is 6.42 Å². The van der Waals surface area contributed by atoms with Gasteiger partial charge in [-0.25, -0.2) is 4.99 Å². The highest BCUT2D eigenvalue weighted by molar-refractivity contribution is 7.80. The highest BCUT2D eigenvalue weighted by atomic mass is 32.1. The van der Waals surface area contributed by atoms with Gasteiger partial charge in [0.25, 0.3) is 0 Å². The van der Waals surface area contributed by atoms with E-state index in [1.807, 2.05) is 0 Å². The number of allylic oxidation sites excluding steroid dienone is 1. The molecule has 1 unspecified atom stereocenters. The van der Waals surface area contributed by atoms with E-state index < -0.39 is 12.2 Å². The third-order valence-electron chi connectivity index (χ3n) is 4.85. The first-order chi connectivity index (χ1) is 14.0. The van der Waals surface area contributed by atoms with Gasteiger partial charge in [-0.15, -0.1) is 0 Å². The quantitative estimate of drug-likeness (QED) is 0.321. The molecule has 3 aliphatic rings. The second kappa shape index (κ2) is 9.95. The van der Waals surface area contributed by atoms with Crippen molar-refractivity contribution in [3.05, 3.63) is 23.7 Å².